The lowest BCUT2D eigenvalue weighted by Gasteiger charge is -2.14. The van der Waals surface area contributed by atoms with Crippen molar-refractivity contribution in [1.82, 2.24) is 24.0 Å². The first-order valence-electron chi connectivity index (χ1n) is 9.35. The van der Waals surface area contributed by atoms with Gasteiger partial charge in [-0.05, 0) is 36.6 Å². The summed E-state index contributed by atoms with van der Waals surface area (Å²) in [6.07, 6.45) is 1.92. The second-order valence-electron chi connectivity index (χ2n) is 7.04. The molecule has 3 aromatic rings. The molecule has 2 aromatic heterocycles. The number of rotatable bonds is 2. The number of carbonyl (C=O) groups excluding carboxylic acids is 1. The first-order valence-corrected chi connectivity index (χ1v) is 9.35. The molecule has 3 heterocycles. The Morgan fingerprint density at radius 2 is 1.77 bits per heavy atom. The smallest absolute Gasteiger partial charge is 0.324 e. The monoisotopic (exact) mass is 417 g/mol. The van der Waals surface area contributed by atoms with Crippen LogP contribution < -0.4 is 5.69 Å². The number of carbonyl (C=O) groups is 1. The van der Waals surface area contributed by atoms with Gasteiger partial charge in [-0.2, -0.15) is 17.7 Å². The van der Waals surface area contributed by atoms with Gasteiger partial charge in [-0.25, -0.2) is 19.6 Å². The van der Waals surface area contributed by atoms with Crippen LogP contribution in [0.25, 0.3) is 23.3 Å². The van der Waals surface area contributed by atoms with Crippen molar-refractivity contribution in [3.63, 3.8) is 0 Å². The molecule has 1 fully saturated rings. The number of hydrogen-bond donors (Lipinski definition) is 0. The van der Waals surface area contributed by atoms with E-state index in [0.29, 0.717) is 24.2 Å². The van der Waals surface area contributed by atoms with Crippen molar-refractivity contribution in [2.75, 3.05) is 13.1 Å². The second-order valence-corrected chi connectivity index (χ2v) is 7.04. The summed E-state index contributed by atoms with van der Waals surface area (Å²) in [5.41, 5.74) is -0.0860. The predicted molar refractivity (Wildman–Crippen MR) is 105 cm³/mol. The Hall–Kier alpha value is -3.43. The number of hydrogen-bond acceptors (Lipinski definition) is 4. The van der Waals surface area contributed by atoms with E-state index in [4.69, 9.17) is 0 Å². The van der Waals surface area contributed by atoms with E-state index in [1.807, 2.05) is 0 Å². The zero-order chi connectivity index (χ0) is 21.5. The van der Waals surface area contributed by atoms with Crippen LogP contribution in [0.2, 0.25) is 0 Å². The van der Waals surface area contributed by atoms with Crippen molar-refractivity contribution in [1.29, 1.82) is 0 Å². The van der Waals surface area contributed by atoms with Crippen LogP contribution in [-0.4, -0.2) is 43.1 Å². The molecule has 10 heteroatoms. The highest BCUT2D eigenvalue weighted by Crippen LogP contribution is 2.29. The molecule has 0 spiro atoms. The Kier molecular flexibility index (Phi) is 4.92. The fourth-order valence-corrected chi connectivity index (χ4v) is 3.38. The van der Waals surface area contributed by atoms with Crippen LogP contribution in [0, 0.1) is 0 Å². The summed E-state index contributed by atoms with van der Waals surface area (Å²) in [6.45, 7) is 1.18. The van der Waals surface area contributed by atoms with Crippen LogP contribution in [0.15, 0.2) is 35.3 Å². The van der Waals surface area contributed by atoms with Crippen LogP contribution in [0.5, 0.6) is 0 Å². The largest absolute Gasteiger partial charge is 0.416 e. The second kappa shape index (κ2) is 7.43. The topological polar surface area (TPSA) is 73.0 Å². The van der Waals surface area contributed by atoms with E-state index >= 15 is 0 Å². The maximum Gasteiger partial charge on any atom is 0.416 e. The van der Waals surface area contributed by atoms with Gasteiger partial charge in [0.05, 0.1) is 11.8 Å². The van der Waals surface area contributed by atoms with Gasteiger partial charge in [0.2, 0.25) is 0 Å². The van der Waals surface area contributed by atoms with Gasteiger partial charge in [-0.1, -0.05) is 18.2 Å². The van der Waals surface area contributed by atoms with Gasteiger partial charge < -0.3 is 4.90 Å². The summed E-state index contributed by atoms with van der Waals surface area (Å²) in [5, 5.41) is 0. The third-order valence-electron chi connectivity index (χ3n) is 5.05. The molecule has 1 aliphatic heterocycles. The Balaban J connectivity index is 1.67. The first-order chi connectivity index (χ1) is 14.3. The zero-order valence-electron chi connectivity index (χ0n) is 16.1. The third kappa shape index (κ3) is 3.60. The fourth-order valence-electron chi connectivity index (χ4n) is 3.38. The highest BCUT2D eigenvalue weighted by Gasteiger charge is 2.30. The number of fused-ring (bicyclic) bond motifs is 1. The predicted octanol–water partition coefficient (Wildman–Crippen LogP) is 3.38. The molecule has 0 atom stereocenters. The van der Waals surface area contributed by atoms with Crippen LogP contribution in [-0.2, 0) is 13.2 Å². The Morgan fingerprint density at radius 3 is 2.40 bits per heavy atom. The molecule has 1 aromatic carbocycles. The molecular formula is C20H18F3N5O2. The number of alkyl halides is 3. The van der Waals surface area contributed by atoms with Crippen LogP contribution in [0.3, 0.4) is 0 Å². The molecule has 0 unspecified atom stereocenters. The molecule has 1 saturated heterocycles. The summed E-state index contributed by atoms with van der Waals surface area (Å²) in [5.74, 6) is 0.232. The van der Waals surface area contributed by atoms with Crippen LogP contribution >= 0.6 is 0 Å². The average Bonchev–Trinajstić information content (AvgIpc) is 3.33. The SMILES string of the molecule is Cn1c(=O)n(C(=O)N2CCCC2)c2nc(/C=C/c3ccc(C(F)(F)F)cc3)ncc21. The Labute approximate surface area is 169 Å². The number of halogens is 3. The first kappa shape index (κ1) is 19.9. The summed E-state index contributed by atoms with van der Waals surface area (Å²) < 4.78 is 40.4. The molecule has 0 aliphatic carbocycles. The van der Waals surface area contributed by atoms with Crippen LogP contribution in [0.4, 0.5) is 18.0 Å². The van der Waals surface area contributed by atoms with Crippen molar-refractivity contribution < 1.29 is 18.0 Å². The average molecular weight is 417 g/mol. The number of aryl methyl sites for hydroxylation is 1. The van der Waals surface area contributed by atoms with Gasteiger partial charge in [0, 0.05) is 20.1 Å². The van der Waals surface area contributed by atoms with Gasteiger partial charge in [0.1, 0.15) is 5.52 Å². The van der Waals surface area contributed by atoms with E-state index in [-0.39, 0.29) is 11.5 Å². The lowest BCUT2D eigenvalue weighted by Crippen LogP contribution is -2.38. The summed E-state index contributed by atoms with van der Waals surface area (Å²) in [7, 11) is 1.54. The lowest BCUT2D eigenvalue weighted by atomic mass is 10.1. The molecule has 4 rings (SSSR count). The standard InChI is InChI=1S/C20H18F3N5O2/c1-26-15-12-24-16(9-6-13-4-7-14(8-5-13)20(21,22)23)25-17(15)28(18(26)29)19(30)27-10-2-3-11-27/h4-9,12H,2-3,10-11H2,1H3/b9-6+. The molecule has 0 N–H and O–H groups in total. The van der Waals surface area contributed by atoms with Gasteiger partial charge >= 0.3 is 17.9 Å². The highest BCUT2D eigenvalue weighted by atomic mass is 19.4. The number of aromatic nitrogens is 4. The van der Waals surface area contributed by atoms with Crippen LogP contribution in [0.1, 0.15) is 29.8 Å². The summed E-state index contributed by atoms with van der Waals surface area (Å²) >= 11 is 0. The maximum absolute atomic E-state index is 12.8. The van der Waals surface area contributed by atoms with E-state index < -0.39 is 23.5 Å². The number of nitrogens with zero attached hydrogens (tertiary/aromatic N) is 5. The Morgan fingerprint density at radius 1 is 1.10 bits per heavy atom. The summed E-state index contributed by atoms with van der Waals surface area (Å²) in [6, 6.07) is 4.25. The van der Waals surface area contributed by atoms with E-state index in [0.717, 1.165) is 29.5 Å². The quantitative estimate of drug-likeness (QED) is 0.641. The molecule has 30 heavy (non-hydrogen) atoms. The minimum atomic E-state index is -4.39. The minimum absolute atomic E-state index is 0.196. The lowest BCUT2D eigenvalue weighted by molar-refractivity contribution is -0.137. The molecule has 156 valence electrons. The minimum Gasteiger partial charge on any atom is -0.324 e. The molecule has 7 nitrogen and oxygen atoms in total. The molecular weight excluding hydrogens is 399 g/mol. The Bertz CT molecular complexity index is 1190. The fraction of sp³-hybridized carbons (Fsp3) is 0.300. The van der Waals surface area contributed by atoms with Crippen molar-refractivity contribution in [2.45, 2.75) is 19.0 Å². The van der Waals surface area contributed by atoms with Crippen molar-refractivity contribution in [3.8, 4) is 0 Å². The van der Waals surface area contributed by atoms with Gasteiger partial charge in [-0.3, -0.25) is 4.57 Å². The molecule has 0 radical (unpaired) electrons. The van der Waals surface area contributed by atoms with Crippen molar-refractivity contribution in [3.05, 3.63) is 57.9 Å². The molecule has 1 aliphatic rings. The molecule has 0 bridgehead atoms. The third-order valence-corrected chi connectivity index (χ3v) is 5.05. The van der Waals surface area contributed by atoms with Crippen molar-refractivity contribution >= 4 is 29.3 Å². The number of imidazole rings is 1. The van der Waals surface area contributed by atoms with E-state index in [1.54, 1.807) is 18.0 Å². The molecule has 0 saturated carbocycles. The normalized spacial score (nSPS) is 14.9. The number of amides is 1. The number of benzene rings is 1. The molecule has 1 amide bonds. The van der Waals surface area contributed by atoms with Gasteiger partial charge in [-0.15, -0.1) is 0 Å². The number of likely N-dealkylation sites (tertiary alicyclic amines) is 1. The van der Waals surface area contributed by atoms with E-state index in [9.17, 15) is 22.8 Å². The van der Waals surface area contributed by atoms with Gasteiger partial charge in [0.15, 0.2) is 11.5 Å². The summed E-state index contributed by atoms with van der Waals surface area (Å²) in [4.78, 5) is 35.5. The van der Waals surface area contributed by atoms with Crippen molar-refractivity contribution in [2.24, 2.45) is 7.05 Å². The maximum atomic E-state index is 12.8. The van der Waals surface area contributed by atoms with E-state index in [2.05, 4.69) is 9.97 Å². The zero-order valence-corrected chi connectivity index (χ0v) is 16.1. The van der Waals surface area contributed by atoms with E-state index in [1.165, 1.54) is 29.0 Å². The van der Waals surface area contributed by atoms with Gasteiger partial charge in [0.25, 0.3) is 0 Å². The highest BCUT2D eigenvalue weighted by molar-refractivity contribution is 5.87.